The fourth-order valence-electron chi connectivity index (χ4n) is 1.84. The van der Waals surface area contributed by atoms with Gasteiger partial charge in [-0.1, -0.05) is 62.5 Å². The van der Waals surface area contributed by atoms with Crippen LogP contribution in [0.1, 0.15) is 40.2 Å². The Labute approximate surface area is 171 Å². The van der Waals surface area contributed by atoms with E-state index in [1.165, 1.54) is 18.2 Å². The third kappa shape index (κ3) is 8.99. The van der Waals surface area contributed by atoms with Gasteiger partial charge >= 0.3 is 0 Å². The topological polar surface area (TPSA) is 77.0 Å². The summed E-state index contributed by atoms with van der Waals surface area (Å²) in [4.78, 5) is 1.64. The maximum absolute atomic E-state index is 13.6. The molecule has 0 radical (unpaired) electrons. The summed E-state index contributed by atoms with van der Waals surface area (Å²) in [6.45, 7) is 10.3. The van der Waals surface area contributed by atoms with Gasteiger partial charge in [-0.2, -0.15) is 0 Å². The number of nitrogens with two attached hydrogens (primary N) is 1. The molecule has 1 aromatic rings. The Morgan fingerprint density at radius 2 is 1.73 bits per heavy atom. The number of benzene rings is 1. The quantitative estimate of drug-likeness (QED) is 0.365. The molecule has 0 atom stereocenters. The lowest BCUT2D eigenvalue weighted by Gasteiger charge is -2.27. The standard InChI is InChI=1S/C14H16Cl3FN4.2C2H6/c1-8(20)6-12(14(17)21)22(5-4-19)7-9-10(15)2-3-11(18)13(9)16;2*1-2/h2-3,6,20-21H,4-5,7,19H2,1H3;2*1-2H3/b12-6+,20-8?,21-14?;;. The Hall–Kier alpha value is -1.14. The summed E-state index contributed by atoms with van der Waals surface area (Å²) in [6, 6.07) is 2.60. The van der Waals surface area contributed by atoms with Gasteiger partial charge in [-0.05, 0) is 25.1 Å². The van der Waals surface area contributed by atoms with Gasteiger partial charge in [0.15, 0.2) is 0 Å². The first kappa shape index (κ1) is 27.1. The van der Waals surface area contributed by atoms with Crippen LogP contribution in [0.15, 0.2) is 23.9 Å². The fraction of sp³-hybridized carbons (Fsp3) is 0.444. The van der Waals surface area contributed by atoms with Crippen molar-refractivity contribution in [2.24, 2.45) is 5.73 Å². The van der Waals surface area contributed by atoms with Crippen LogP contribution in [-0.4, -0.2) is 28.9 Å². The number of rotatable bonds is 7. The van der Waals surface area contributed by atoms with E-state index in [2.05, 4.69) is 0 Å². The second-order valence-corrected chi connectivity index (χ2v) is 5.72. The smallest absolute Gasteiger partial charge is 0.144 e. The first-order valence-electron chi connectivity index (χ1n) is 8.36. The van der Waals surface area contributed by atoms with Crippen LogP contribution >= 0.6 is 34.8 Å². The monoisotopic (exact) mass is 424 g/mol. The molecule has 0 amide bonds. The van der Waals surface area contributed by atoms with Crippen molar-refractivity contribution < 1.29 is 4.39 Å². The van der Waals surface area contributed by atoms with E-state index < -0.39 is 5.82 Å². The minimum atomic E-state index is -0.580. The van der Waals surface area contributed by atoms with Crippen molar-refractivity contribution >= 4 is 45.7 Å². The third-order valence-corrected chi connectivity index (χ3v) is 3.76. The lowest BCUT2D eigenvalue weighted by molar-refractivity contribution is 0.363. The Bertz CT molecular complexity index is 619. The van der Waals surface area contributed by atoms with Crippen LogP contribution < -0.4 is 5.73 Å². The van der Waals surface area contributed by atoms with Crippen molar-refractivity contribution in [3.8, 4) is 0 Å². The normalized spacial score (nSPS) is 10.2. The second-order valence-electron chi connectivity index (χ2n) is 4.56. The van der Waals surface area contributed by atoms with Crippen molar-refractivity contribution in [3.05, 3.63) is 45.3 Å². The lowest BCUT2D eigenvalue weighted by Crippen LogP contribution is -2.31. The predicted molar refractivity (Wildman–Crippen MR) is 114 cm³/mol. The predicted octanol–water partition coefficient (Wildman–Crippen LogP) is 6.09. The zero-order chi connectivity index (χ0) is 20.9. The van der Waals surface area contributed by atoms with Crippen LogP contribution in [0.2, 0.25) is 10.0 Å². The second kappa shape index (κ2) is 15.0. The highest BCUT2D eigenvalue weighted by Crippen LogP contribution is 2.29. The van der Waals surface area contributed by atoms with E-state index in [4.69, 9.17) is 51.4 Å². The highest BCUT2D eigenvalue weighted by molar-refractivity contribution is 6.68. The van der Waals surface area contributed by atoms with Crippen LogP contribution in [0, 0.1) is 16.6 Å². The third-order valence-electron chi connectivity index (χ3n) is 2.81. The van der Waals surface area contributed by atoms with Crippen molar-refractivity contribution in [2.45, 2.75) is 41.2 Å². The van der Waals surface area contributed by atoms with E-state index in [0.717, 1.165) is 0 Å². The Morgan fingerprint density at radius 3 is 2.15 bits per heavy atom. The number of allylic oxidation sites excluding steroid dienone is 2. The number of nitrogens with zero attached hydrogens (tertiary/aromatic N) is 1. The minimum absolute atomic E-state index is 0.0819. The molecular formula is C18H28Cl3FN4. The summed E-state index contributed by atoms with van der Waals surface area (Å²) >= 11 is 17.8. The van der Waals surface area contributed by atoms with E-state index in [9.17, 15) is 4.39 Å². The Kier molecular flexibility index (Phi) is 15.6. The number of hydrogen-bond acceptors (Lipinski definition) is 4. The number of hydrogen-bond donors (Lipinski definition) is 3. The van der Waals surface area contributed by atoms with Crippen molar-refractivity contribution in [1.82, 2.24) is 4.90 Å². The first-order chi connectivity index (χ1) is 12.3. The van der Waals surface area contributed by atoms with E-state index >= 15 is 0 Å². The summed E-state index contributed by atoms with van der Waals surface area (Å²) in [5, 5.41) is 15.2. The maximum Gasteiger partial charge on any atom is 0.144 e. The zero-order valence-electron chi connectivity index (χ0n) is 15.9. The largest absolute Gasteiger partial charge is 0.363 e. The molecule has 0 unspecified atom stereocenters. The average molecular weight is 426 g/mol. The molecule has 0 spiro atoms. The van der Waals surface area contributed by atoms with E-state index in [0.29, 0.717) is 22.8 Å². The van der Waals surface area contributed by atoms with E-state index in [1.54, 1.807) is 11.8 Å². The average Bonchev–Trinajstić information content (AvgIpc) is 2.62. The Morgan fingerprint density at radius 1 is 1.19 bits per heavy atom. The molecule has 0 fully saturated rings. The van der Waals surface area contributed by atoms with Crippen LogP contribution in [0.25, 0.3) is 0 Å². The zero-order valence-corrected chi connectivity index (χ0v) is 18.2. The van der Waals surface area contributed by atoms with Crippen LogP contribution in [0.3, 0.4) is 0 Å². The van der Waals surface area contributed by atoms with Gasteiger partial charge in [0.1, 0.15) is 11.0 Å². The molecule has 4 N–H and O–H groups in total. The molecular weight excluding hydrogens is 398 g/mol. The molecule has 0 aliphatic rings. The van der Waals surface area contributed by atoms with Crippen molar-refractivity contribution in [3.63, 3.8) is 0 Å². The highest BCUT2D eigenvalue weighted by Gasteiger charge is 2.18. The SMILES string of the molecule is CC.CC.CC(=N)/C=C(\C(=N)Cl)N(CCN)Cc1c(Cl)ccc(F)c1Cl. The summed E-state index contributed by atoms with van der Waals surface area (Å²) in [6.07, 6.45) is 1.44. The van der Waals surface area contributed by atoms with Gasteiger partial charge in [0.05, 0.1) is 10.7 Å². The molecule has 0 saturated carbocycles. The first-order valence-corrected chi connectivity index (χ1v) is 9.50. The number of nitrogens with one attached hydrogen (secondary N) is 2. The molecule has 0 aromatic heterocycles. The molecule has 4 nitrogen and oxygen atoms in total. The van der Waals surface area contributed by atoms with Gasteiger partial charge in [-0.15, -0.1) is 0 Å². The van der Waals surface area contributed by atoms with Crippen LogP contribution in [0.5, 0.6) is 0 Å². The highest BCUT2D eigenvalue weighted by atomic mass is 35.5. The van der Waals surface area contributed by atoms with Crippen molar-refractivity contribution in [1.29, 1.82) is 10.8 Å². The van der Waals surface area contributed by atoms with Crippen LogP contribution in [0.4, 0.5) is 4.39 Å². The Balaban J connectivity index is 0. The molecule has 8 heteroatoms. The van der Waals surface area contributed by atoms with Gasteiger partial charge in [-0.25, -0.2) is 4.39 Å². The van der Waals surface area contributed by atoms with Crippen LogP contribution in [-0.2, 0) is 6.54 Å². The molecule has 1 rings (SSSR count). The van der Waals surface area contributed by atoms with Gasteiger partial charge < -0.3 is 16.0 Å². The molecule has 0 saturated heterocycles. The lowest BCUT2D eigenvalue weighted by atomic mass is 10.1. The maximum atomic E-state index is 13.6. The molecule has 0 heterocycles. The van der Waals surface area contributed by atoms with Crippen molar-refractivity contribution in [2.75, 3.05) is 13.1 Å². The molecule has 1 aromatic carbocycles. The molecule has 0 aliphatic heterocycles. The summed E-state index contributed by atoms with van der Waals surface area (Å²) in [5.41, 5.74) is 6.48. The van der Waals surface area contributed by atoms with Gasteiger partial charge in [0.25, 0.3) is 0 Å². The fourth-order valence-corrected chi connectivity index (χ4v) is 2.51. The molecule has 148 valence electrons. The summed E-state index contributed by atoms with van der Waals surface area (Å²) < 4.78 is 13.6. The summed E-state index contributed by atoms with van der Waals surface area (Å²) in [5.74, 6) is -0.580. The minimum Gasteiger partial charge on any atom is -0.363 e. The van der Waals surface area contributed by atoms with Gasteiger partial charge in [-0.3, -0.25) is 5.41 Å². The van der Waals surface area contributed by atoms with Gasteiger partial charge in [0, 0.05) is 35.9 Å². The molecule has 26 heavy (non-hydrogen) atoms. The molecule has 0 aliphatic carbocycles. The van der Waals surface area contributed by atoms with E-state index in [1.807, 2.05) is 27.7 Å². The van der Waals surface area contributed by atoms with Gasteiger partial charge in [0.2, 0.25) is 0 Å². The van der Waals surface area contributed by atoms with E-state index in [-0.39, 0.29) is 29.0 Å². The summed E-state index contributed by atoms with van der Waals surface area (Å²) in [7, 11) is 0. The number of halogens is 4. The molecule has 0 bridgehead atoms.